The molecule has 242 valence electrons. The monoisotopic (exact) mass is 641 g/mol. The van der Waals surface area contributed by atoms with Gasteiger partial charge in [-0.1, -0.05) is 18.2 Å². The van der Waals surface area contributed by atoms with Crippen molar-refractivity contribution in [3.63, 3.8) is 0 Å². The number of carbonyl (C=O) groups is 1. The Balaban J connectivity index is 0.000000463. The lowest BCUT2D eigenvalue weighted by Crippen LogP contribution is -2.41. The zero-order valence-electron chi connectivity index (χ0n) is 28.1. The quantitative estimate of drug-likeness (QED) is 0.139. The van der Waals surface area contributed by atoms with Crippen molar-refractivity contribution in [3.8, 4) is 11.5 Å². The third-order valence-corrected chi connectivity index (χ3v) is 9.69. The van der Waals surface area contributed by atoms with Crippen LogP contribution in [0.25, 0.3) is 10.2 Å². The van der Waals surface area contributed by atoms with Gasteiger partial charge in [0, 0.05) is 30.2 Å². The van der Waals surface area contributed by atoms with Gasteiger partial charge in [-0.2, -0.15) is 0 Å². The van der Waals surface area contributed by atoms with E-state index in [0.717, 1.165) is 76.6 Å². The molecule has 1 fully saturated rings. The van der Waals surface area contributed by atoms with Crippen LogP contribution in [0.1, 0.15) is 43.7 Å². The minimum Gasteiger partial charge on any atom is -0.457 e. The van der Waals surface area contributed by atoms with Crippen molar-refractivity contribution in [1.82, 2.24) is 19.8 Å². The Morgan fingerprint density at radius 1 is 1.11 bits per heavy atom. The van der Waals surface area contributed by atoms with Gasteiger partial charge in [-0.05, 0) is 115 Å². The number of hydrogen-bond donors (Lipinski definition) is 1. The summed E-state index contributed by atoms with van der Waals surface area (Å²) >= 11 is 1.77. The Labute approximate surface area is 276 Å². The second-order valence-electron chi connectivity index (χ2n) is 13.1. The van der Waals surface area contributed by atoms with Crippen LogP contribution < -0.4 is 15.5 Å². The Morgan fingerprint density at radius 2 is 1.87 bits per heavy atom. The summed E-state index contributed by atoms with van der Waals surface area (Å²) in [5.41, 5.74) is 3.54. The van der Waals surface area contributed by atoms with E-state index in [2.05, 4.69) is 67.9 Å². The van der Waals surface area contributed by atoms with Gasteiger partial charge in [0.05, 0.1) is 16.6 Å². The average Bonchev–Trinajstić information content (AvgIpc) is 3.47. The van der Waals surface area contributed by atoms with E-state index in [1.165, 1.54) is 16.5 Å². The van der Waals surface area contributed by atoms with E-state index in [9.17, 15) is 4.79 Å². The fraction of sp³-hybridized carbons (Fsp3) is 0.400. The molecule has 0 radical (unpaired) electrons. The van der Waals surface area contributed by atoms with Crippen LogP contribution in [-0.2, 0) is 27.1 Å². The topological polar surface area (TPSA) is 89.1 Å². The van der Waals surface area contributed by atoms with Crippen LogP contribution >= 0.6 is 11.3 Å². The third-order valence-electron chi connectivity index (χ3n) is 8.56. The number of aromatic nitrogens is 2. The number of fused-ring (bicyclic) bond motifs is 3. The molecule has 9 nitrogen and oxygen atoms in total. The highest BCUT2D eigenvalue weighted by Crippen LogP contribution is 2.39. The molecular formula is C35H44BN5O4S. The van der Waals surface area contributed by atoms with Crippen LogP contribution in [0.5, 0.6) is 11.5 Å². The van der Waals surface area contributed by atoms with Crippen LogP contribution in [0.4, 0.5) is 11.5 Å². The minimum absolute atomic E-state index is 0.387. The molecule has 0 amide bonds. The van der Waals surface area contributed by atoms with Gasteiger partial charge in [-0.15, -0.1) is 11.3 Å². The maximum atomic E-state index is 9.68. The Hall–Kier alpha value is -3.61. The highest BCUT2D eigenvalue weighted by Gasteiger charge is 2.51. The van der Waals surface area contributed by atoms with Gasteiger partial charge in [-0.25, -0.2) is 9.97 Å². The number of aryl methyl sites for hydroxylation is 1. The molecule has 0 bridgehead atoms. The van der Waals surface area contributed by atoms with Gasteiger partial charge in [0.2, 0.25) is 0 Å². The van der Waals surface area contributed by atoms with Gasteiger partial charge in [0.1, 0.15) is 34.8 Å². The van der Waals surface area contributed by atoms with Crippen molar-refractivity contribution in [2.24, 2.45) is 0 Å². The molecule has 0 spiro atoms. The van der Waals surface area contributed by atoms with E-state index in [-0.39, 0.29) is 11.2 Å². The van der Waals surface area contributed by atoms with Gasteiger partial charge in [0.25, 0.3) is 0 Å². The van der Waals surface area contributed by atoms with Crippen molar-refractivity contribution in [2.45, 2.75) is 58.8 Å². The number of anilines is 2. The van der Waals surface area contributed by atoms with Gasteiger partial charge < -0.3 is 29.2 Å². The SMILES string of the molecule is CN(C)C/C=C/C=O.Cc1cc(Nc2ncnc3sc4c(c23)CCN(C)C4)ccc1Oc1cccc(B2OC(C)(C)C(C)(C)O2)c1. The van der Waals surface area contributed by atoms with Crippen LogP contribution in [-0.4, -0.2) is 78.6 Å². The summed E-state index contributed by atoms with van der Waals surface area (Å²) in [5, 5.41) is 4.69. The highest BCUT2D eigenvalue weighted by molar-refractivity contribution is 7.19. The van der Waals surface area contributed by atoms with Crippen LogP contribution in [0.15, 0.2) is 60.9 Å². The van der Waals surface area contributed by atoms with E-state index in [4.69, 9.17) is 14.0 Å². The number of allylic oxidation sites excluding steroid dienone is 1. The first-order chi connectivity index (χ1) is 21.9. The molecule has 1 N–H and O–H groups in total. The molecule has 0 unspecified atom stereocenters. The lowest BCUT2D eigenvalue weighted by atomic mass is 9.79. The lowest BCUT2D eigenvalue weighted by molar-refractivity contribution is -0.104. The molecule has 2 aromatic heterocycles. The van der Waals surface area contributed by atoms with Gasteiger partial charge in [-0.3, -0.25) is 4.79 Å². The zero-order valence-corrected chi connectivity index (χ0v) is 28.9. The first-order valence-corrected chi connectivity index (χ1v) is 16.4. The first-order valence-electron chi connectivity index (χ1n) is 15.6. The normalized spacial score (nSPS) is 17.2. The van der Waals surface area contributed by atoms with E-state index in [1.54, 1.807) is 17.7 Å². The summed E-state index contributed by atoms with van der Waals surface area (Å²) < 4.78 is 18.7. The van der Waals surface area contributed by atoms with Crippen LogP contribution in [0, 0.1) is 6.92 Å². The summed E-state index contributed by atoms with van der Waals surface area (Å²) in [6.07, 6.45) is 6.76. The molecule has 11 heteroatoms. The standard InChI is InChI=1S/C29H33BN4O3S.C6H11NO/c1-18-14-20(33-26-25-22-12-13-34(6)16-24(22)38-27(25)32-17-31-26)10-11-23(18)35-21-9-7-8-19(15-21)30-36-28(2,3)29(4,5)37-30;1-7(2)5-3-4-6-8/h7-11,14-15,17H,12-13,16H2,1-6H3,(H,31,32,33);3-4,6H,5H2,1-2H3/b;4-3+. The van der Waals surface area contributed by atoms with E-state index in [0.29, 0.717) is 0 Å². The van der Waals surface area contributed by atoms with Crippen molar-refractivity contribution in [2.75, 3.05) is 39.5 Å². The first kappa shape index (κ1) is 33.7. The van der Waals surface area contributed by atoms with E-state index < -0.39 is 7.12 Å². The number of benzene rings is 2. The molecule has 46 heavy (non-hydrogen) atoms. The molecule has 1 saturated heterocycles. The summed E-state index contributed by atoms with van der Waals surface area (Å²) in [6.45, 7) is 13.1. The number of rotatable bonds is 8. The molecule has 0 atom stereocenters. The van der Waals surface area contributed by atoms with E-state index in [1.807, 2.05) is 61.5 Å². The Bertz CT molecular complexity index is 1700. The van der Waals surface area contributed by atoms with E-state index >= 15 is 0 Å². The number of hydrogen-bond acceptors (Lipinski definition) is 10. The number of likely N-dealkylation sites (N-methyl/N-ethyl adjacent to an activating group) is 2. The second kappa shape index (κ2) is 14.0. The molecule has 0 saturated carbocycles. The number of carbonyl (C=O) groups excluding carboxylic acids is 1. The maximum Gasteiger partial charge on any atom is 0.494 e. The third kappa shape index (κ3) is 7.67. The maximum absolute atomic E-state index is 9.68. The number of thiophene rings is 1. The molecular weight excluding hydrogens is 597 g/mol. The number of aldehydes is 1. The van der Waals surface area contributed by atoms with Crippen LogP contribution in [0.3, 0.4) is 0 Å². The van der Waals surface area contributed by atoms with Crippen molar-refractivity contribution >= 4 is 51.9 Å². The van der Waals surface area contributed by atoms with Crippen LogP contribution in [0.2, 0.25) is 0 Å². The lowest BCUT2D eigenvalue weighted by Gasteiger charge is -2.32. The molecule has 4 aromatic rings. The smallest absolute Gasteiger partial charge is 0.457 e. The molecule has 6 rings (SSSR count). The summed E-state index contributed by atoms with van der Waals surface area (Å²) in [5.74, 6) is 2.40. The van der Waals surface area contributed by atoms with Gasteiger partial charge >= 0.3 is 7.12 Å². The fourth-order valence-electron chi connectivity index (χ4n) is 5.29. The molecule has 2 aromatic carbocycles. The Morgan fingerprint density at radius 3 is 2.57 bits per heavy atom. The van der Waals surface area contributed by atoms with Gasteiger partial charge in [0.15, 0.2) is 0 Å². The fourth-order valence-corrected chi connectivity index (χ4v) is 6.55. The highest BCUT2D eigenvalue weighted by atomic mass is 32.1. The molecule has 2 aliphatic heterocycles. The number of nitrogens with zero attached hydrogens (tertiary/aromatic N) is 4. The average molecular weight is 642 g/mol. The molecule has 0 aliphatic carbocycles. The van der Waals surface area contributed by atoms with Crippen molar-refractivity contribution in [3.05, 3.63) is 76.9 Å². The zero-order chi connectivity index (χ0) is 33.1. The minimum atomic E-state index is -0.427. The summed E-state index contributed by atoms with van der Waals surface area (Å²) in [6, 6.07) is 14.0. The number of nitrogens with one attached hydrogen (secondary N) is 1. The summed E-state index contributed by atoms with van der Waals surface area (Å²) in [7, 11) is 5.65. The molecule has 2 aliphatic rings. The van der Waals surface area contributed by atoms with Crippen molar-refractivity contribution < 1.29 is 18.8 Å². The number of ether oxygens (including phenoxy) is 1. The predicted octanol–water partition coefficient (Wildman–Crippen LogP) is 6.13. The summed E-state index contributed by atoms with van der Waals surface area (Å²) in [4.78, 5) is 25.6. The predicted molar refractivity (Wildman–Crippen MR) is 188 cm³/mol. The Kier molecular flexibility index (Phi) is 10.3. The van der Waals surface area contributed by atoms with Crippen molar-refractivity contribution in [1.29, 1.82) is 0 Å². The second-order valence-corrected chi connectivity index (χ2v) is 14.2. The molecule has 4 heterocycles. The largest absolute Gasteiger partial charge is 0.494 e.